The fourth-order valence-electron chi connectivity index (χ4n) is 6.23. The van der Waals surface area contributed by atoms with Gasteiger partial charge in [-0.2, -0.15) is 0 Å². The van der Waals surface area contributed by atoms with Gasteiger partial charge in [-0.3, -0.25) is 14.5 Å². The first-order valence-corrected chi connectivity index (χ1v) is 13.1. The first kappa shape index (κ1) is 24.0. The van der Waals surface area contributed by atoms with Gasteiger partial charge in [-0.15, -0.1) is 0 Å². The van der Waals surface area contributed by atoms with Crippen LogP contribution in [0.1, 0.15) is 83.5 Å². The molecule has 0 spiro atoms. The van der Waals surface area contributed by atoms with Crippen molar-refractivity contribution in [3.05, 3.63) is 0 Å². The van der Waals surface area contributed by atoms with Crippen LogP contribution in [0.15, 0.2) is 0 Å². The summed E-state index contributed by atoms with van der Waals surface area (Å²) in [7, 11) is 1.55. The van der Waals surface area contributed by atoms with Gasteiger partial charge >= 0.3 is 0 Å². The largest absolute Gasteiger partial charge is 0.375 e. The molecule has 7 heteroatoms. The van der Waals surface area contributed by atoms with Crippen LogP contribution in [0.4, 0.5) is 0 Å². The Hall–Kier alpha value is -1.18. The molecular weight excluding hydrogens is 404 g/mol. The van der Waals surface area contributed by atoms with E-state index in [0.717, 1.165) is 44.4 Å². The Balaban J connectivity index is 1.42. The number of carbonyl (C=O) groups is 2. The molecule has 3 N–H and O–H groups in total. The van der Waals surface area contributed by atoms with Gasteiger partial charge in [-0.25, -0.2) is 0 Å². The summed E-state index contributed by atoms with van der Waals surface area (Å²) in [5.41, 5.74) is 6.04. The van der Waals surface area contributed by atoms with Crippen LogP contribution in [0.25, 0.3) is 0 Å². The van der Waals surface area contributed by atoms with Gasteiger partial charge in [-0.1, -0.05) is 19.3 Å². The zero-order chi connectivity index (χ0) is 22.5. The summed E-state index contributed by atoms with van der Waals surface area (Å²) in [6.45, 7) is 1.87. The van der Waals surface area contributed by atoms with Crippen molar-refractivity contribution in [1.82, 2.24) is 15.1 Å². The highest BCUT2D eigenvalue weighted by Gasteiger charge is 2.42. The Morgan fingerprint density at radius 3 is 2.34 bits per heavy atom. The van der Waals surface area contributed by atoms with E-state index in [1.54, 1.807) is 12.0 Å². The van der Waals surface area contributed by atoms with Crippen LogP contribution in [0.2, 0.25) is 0 Å². The van der Waals surface area contributed by atoms with Crippen LogP contribution in [0, 0.1) is 5.92 Å². The Labute approximate surface area is 193 Å². The van der Waals surface area contributed by atoms with E-state index in [-0.39, 0.29) is 36.5 Å². The minimum Gasteiger partial charge on any atom is -0.375 e. The highest BCUT2D eigenvalue weighted by atomic mass is 16.5. The highest BCUT2D eigenvalue weighted by Crippen LogP contribution is 2.36. The van der Waals surface area contributed by atoms with E-state index in [0.29, 0.717) is 18.6 Å². The quantitative estimate of drug-likeness (QED) is 0.595. The van der Waals surface area contributed by atoms with Crippen molar-refractivity contribution in [2.75, 3.05) is 26.8 Å². The standard InChI is InChI=1S/C25H44N4O3/c1-32-17-24(30)28-14-13-22(29(21-11-12-21)16-18-5-3-2-4-6-18)15-23(28)25(31)27-20-9-7-19(26)8-10-20/h18-23H,2-17,26H2,1H3,(H,27,31)/t19?,20?,22?,23-/m1/s1. The molecule has 4 rings (SSSR count). The molecule has 1 heterocycles. The summed E-state index contributed by atoms with van der Waals surface area (Å²) in [5, 5.41) is 3.27. The minimum atomic E-state index is -0.389. The second-order valence-electron chi connectivity index (χ2n) is 10.8. The molecule has 4 aliphatic rings. The molecule has 0 aromatic heterocycles. The molecule has 182 valence electrons. The molecule has 4 fully saturated rings. The zero-order valence-corrected chi connectivity index (χ0v) is 20.0. The van der Waals surface area contributed by atoms with Crippen molar-refractivity contribution >= 4 is 11.8 Å². The van der Waals surface area contributed by atoms with Gasteiger partial charge in [0.05, 0.1) is 0 Å². The SMILES string of the molecule is COCC(=O)N1CCC(N(CC2CCCCC2)C2CC2)C[C@@H]1C(=O)NC1CCC(N)CC1. The summed E-state index contributed by atoms with van der Waals surface area (Å²) in [5.74, 6) is 0.756. The van der Waals surface area contributed by atoms with Crippen LogP contribution in [0.3, 0.4) is 0 Å². The molecule has 3 aliphatic carbocycles. The smallest absolute Gasteiger partial charge is 0.249 e. The van der Waals surface area contributed by atoms with Gasteiger partial charge in [0.25, 0.3) is 0 Å². The Kier molecular flexibility index (Phi) is 8.46. The van der Waals surface area contributed by atoms with Gasteiger partial charge in [0.2, 0.25) is 11.8 Å². The third-order valence-electron chi connectivity index (χ3n) is 8.26. The van der Waals surface area contributed by atoms with Crippen LogP contribution in [0.5, 0.6) is 0 Å². The van der Waals surface area contributed by atoms with Crippen LogP contribution < -0.4 is 11.1 Å². The van der Waals surface area contributed by atoms with Crippen molar-refractivity contribution in [3.63, 3.8) is 0 Å². The Bertz CT molecular complexity index is 627. The first-order chi connectivity index (χ1) is 15.5. The maximum absolute atomic E-state index is 13.4. The molecule has 7 nitrogen and oxygen atoms in total. The molecule has 3 saturated carbocycles. The van der Waals surface area contributed by atoms with E-state index in [4.69, 9.17) is 10.5 Å². The summed E-state index contributed by atoms with van der Waals surface area (Å²) in [6, 6.07) is 1.13. The third-order valence-corrected chi connectivity index (χ3v) is 8.26. The summed E-state index contributed by atoms with van der Waals surface area (Å²) >= 11 is 0. The molecular formula is C25H44N4O3. The normalized spacial score (nSPS) is 32.2. The predicted molar refractivity (Wildman–Crippen MR) is 125 cm³/mol. The molecule has 1 unspecified atom stereocenters. The molecule has 1 saturated heterocycles. The molecule has 0 aromatic rings. The molecule has 0 radical (unpaired) electrons. The monoisotopic (exact) mass is 448 g/mol. The number of nitrogens with two attached hydrogens (primary N) is 1. The maximum Gasteiger partial charge on any atom is 0.249 e. The number of hydrogen-bond donors (Lipinski definition) is 2. The third kappa shape index (κ3) is 6.23. The minimum absolute atomic E-state index is 0.0213. The zero-order valence-electron chi connectivity index (χ0n) is 20.0. The predicted octanol–water partition coefficient (Wildman–Crippen LogP) is 2.42. The first-order valence-electron chi connectivity index (χ1n) is 13.1. The van der Waals surface area contributed by atoms with Crippen molar-refractivity contribution in [3.8, 4) is 0 Å². The summed E-state index contributed by atoms with van der Waals surface area (Å²) < 4.78 is 5.12. The molecule has 2 amide bonds. The molecule has 0 aromatic carbocycles. The second-order valence-corrected chi connectivity index (χ2v) is 10.8. The molecule has 32 heavy (non-hydrogen) atoms. The number of likely N-dealkylation sites (tertiary alicyclic amines) is 1. The van der Waals surface area contributed by atoms with Crippen molar-refractivity contribution in [2.45, 2.75) is 114 Å². The highest BCUT2D eigenvalue weighted by molar-refractivity contribution is 5.88. The van der Waals surface area contributed by atoms with E-state index in [1.165, 1.54) is 51.5 Å². The number of amides is 2. The average molecular weight is 449 g/mol. The number of nitrogens with one attached hydrogen (secondary N) is 1. The lowest BCUT2D eigenvalue weighted by molar-refractivity contribution is -0.147. The number of methoxy groups -OCH3 is 1. The fraction of sp³-hybridized carbons (Fsp3) is 0.920. The lowest BCUT2D eigenvalue weighted by Crippen LogP contribution is -2.59. The van der Waals surface area contributed by atoms with Gasteiger partial charge in [-0.05, 0) is 70.1 Å². The van der Waals surface area contributed by atoms with Gasteiger partial charge in [0, 0.05) is 44.4 Å². The molecule has 0 bridgehead atoms. The van der Waals surface area contributed by atoms with E-state index in [2.05, 4.69) is 10.2 Å². The van der Waals surface area contributed by atoms with E-state index in [1.807, 2.05) is 0 Å². The van der Waals surface area contributed by atoms with Crippen molar-refractivity contribution in [1.29, 1.82) is 0 Å². The topological polar surface area (TPSA) is 87.9 Å². The van der Waals surface area contributed by atoms with E-state index >= 15 is 0 Å². The van der Waals surface area contributed by atoms with Crippen molar-refractivity contribution in [2.24, 2.45) is 11.7 Å². The Morgan fingerprint density at radius 2 is 1.69 bits per heavy atom. The number of piperidine rings is 1. The fourth-order valence-corrected chi connectivity index (χ4v) is 6.23. The van der Waals surface area contributed by atoms with Crippen LogP contribution in [-0.2, 0) is 14.3 Å². The number of ether oxygens (including phenoxy) is 1. The summed E-state index contributed by atoms with van der Waals surface area (Å²) in [6.07, 6.45) is 14.9. The van der Waals surface area contributed by atoms with Crippen molar-refractivity contribution < 1.29 is 14.3 Å². The maximum atomic E-state index is 13.4. The van der Waals surface area contributed by atoms with E-state index in [9.17, 15) is 9.59 Å². The average Bonchev–Trinajstić information content (AvgIpc) is 3.65. The Morgan fingerprint density at radius 1 is 0.969 bits per heavy atom. The second kappa shape index (κ2) is 11.3. The molecule has 2 atom stereocenters. The lowest BCUT2D eigenvalue weighted by atomic mass is 9.87. The number of carbonyl (C=O) groups excluding carboxylic acids is 2. The summed E-state index contributed by atoms with van der Waals surface area (Å²) in [4.78, 5) is 30.7. The number of rotatable bonds is 8. The van der Waals surface area contributed by atoms with Crippen LogP contribution in [-0.4, -0.2) is 78.6 Å². The van der Waals surface area contributed by atoms with Gasteiger partial charge in [0.1, 0.15) is 12.6 Å². The lowest BCUT2D eigenvalue weighted by Gasteiger charge is -2.44. The van der Waals surface area contributed by atoms with E-state index < -0.39 is 0 Å². The molecule has 1 aliphatic heterocycles. The van der Waals surface area contributed by atoms with Gasteiger partial charge < -0.3 is 20.7 Å². The number of hydrogen-bond acceptors (Lipinski definition) is 5. The van der Waals surface area contributed by atoms with Crippen LogP contribution >= 0.6 is 0 Å². The van der Waals surface area contributed by atoms with Gasteiger partial charge in [0.15, 0.2) is 0 Å². The number of nitrogens with zero attached hydrogens (tertiary/aromatic N) is 2.